The van der Waals surface area contributed by atoms with E-state index in [2.05, 4.69) is 30.7 Å². The van der Waals surface area contributed by atoms with Crippen molar-refractivity contribution >= 4 is 0 Å². The number of hydrogen-bond donors (Lipinski definition) is 1. The van der Waals surface area contributed by atoms with E-state index < -0.39 is 6.10 Å². The smallest absolute Gasteiger partial charge is 0.141 e. The third-order valence-corrected chi connectivity index (χ3v) is 4.83. The van der Waals surface area contributed by atoms with Crippen LogP contribution in [0.15, 0.2) is 18.3 Å². The van der Waals surface area contributed by atoms with Crippen LogP contribution in [0.5, 0.6) is 0 Å². The normalized spacial score (nSPS) is 30.1. The highest BCUT2D eigenvalue weighted by atomic mass is 19.1. The summed E-state index contributed by atoms with van der Waals surface area (Å²) >= 11 is 0. The summed E-state index contributed by atoms with van der Waals surface area (Å²) in [4.78, 5) is 6.47. The highest BCUT2D eigenvalue weighted by molar-refractivity contribution is 5.09. The first-order valence-electron chi connectivity index (χ1n) is 7.92. The van der Waals surface area contributed by atoms with Gasteiger partial charge in [0.25, 0.3) is 0 Å². The zero-order valence-corrected chi connectivity index (χ0v) is 13.5. The predicted molar refractivity (Wildman–Crippen MR) is 82.3 cm³/mol. The summed E-state index contributed by atoms with van der Waals surface area (Å²) in [5.74, 6) is 1.08. The van der Waals surface area contributed by atoms with Crippen molar-refractivity contribution in [1.29, 1.82) is 0 Å². The van der Waals surface area contributed by atoms with Gasteiger partial charge >= 0.3 is 0 Å². The lowest BCUT2D eigenvalue weighted by Gasteiger charge is -2.42. The average molecular weight is 294 g/mol. The van der Waals surface area contributed by atoms with Crippen LogP contribution in [0.4, 0.5) is 4.39 Å². The van der Waals surface area contributed by atoms with Crippen molar-refractivity contribution in [2.75, 3.05) is 13.1 Å². The first-order chi connectivity index (χ1) is 9.88. The Labute approximate surface area is 127 Å². The topological polar surface area (TPSA) is 36.4 Å². The van der Waals surface area contributed by atoms with Gasteiger partial charge < -0.3 is 5.11 Å². The minimum Gasteiger partial charge on any atom is -0.386 e. The average Bonchev–Trinajstić information content (AvgIpc) is 2.44. The maximum Gasteiger partial charge on any atom is 0.141 e. The van der Waals surface area contributed by atoms with Crippen LogP contribution in [0.1, 0.15) is 45.9 Å². The molecule has 1 N–H and O–H groups in total. The fraction of sp³-hybridized carbons (Fsp3) is 0.706. The third-order valence-electron chi connectivity index (χ3n) is 4.83. The van der Waals surface area contributed by atoms with Crippen molar-refractivity contribution < 1.29 is 9.50 Å². The monoisotopic (exact) mass is 294 g/mol. The number of aromatic nitrogens is 1. The van der Waals surface area contributed by atoms with Gasteiger partial charge in [0.05, 0.1) is 18.0 Å². The summed E-state index contributed by atoms with van der Waals surface area (Å²) in [5.41, 5.74) is 0.551. The van der Waals surface area contributed by atoms with E-state index in [4.69, 9.17) is 0 Å². The fourth-order valence-electron chi connectivity index (χ4n) is 3.40. The molecule has 5 unspecified atom stereocenters. The van der Waals surface area contributed by atoms with Gasteiger partial charge in [-0.25, -0.2) is 4.39 Å². The highest BCUT2D eigenvalue weighted by Gasteiger charge is 2.31. The molecule has 1 aromatic rings. The Morgan fingerprint density at radius 1 is 1.38 bits per heavy atom. The van der Waals surface area contributed by atoms with Crippen molar-refractivity contribution in [2.45, 2.75) is 46.3 Å². The van der Waals surface area contributed by atoms with Gasteiger partial charge in [0.2, 0.25) is 0 Å². The Balaban J connectivity index is 1.99. The molecule has 0 aromatic carbocycles. The molecule has 1 aliphatic rings. The van der Waals surface area contributed by atoms with Crippen LogP contribution >= 0.6 is 0 Å². The van der Waals surface area contributed by atoms with Crippen molar-refractivity contribution in [3.63, 3.8) is 0 Å². The number of pyridine rings is 1. The van der Waals surface area contributed by atoms with Gasteiger partial charge in [-0.1, -0.05) is 20.8 Å². The first kappa shape index (κ1) is 16.4. The molecule has 0 saturated carbocycles. The van der Waals surface area contributed by atoms with Gasteiger partial charge in [-0.15, -0.1) is 0 Å². The molecule has 1 fully saturated rings. The molecule has 3 nitrogen and oxygen atoms in total. The molecule has 0 radical (unpaired) electrons. The SMILES string of the molecule is CC1CC(C)C(C)N(CC(C)C(O)c2ccc(F)cn2)C1. The molecule has 0 spiro atoms. The number of piperidine rings is 1. The molecule has 1 saturated heterocycles. The molecule has 118 valence electrons. The van der Waals surface area contributed by atoms with E-state index in [0.717, 1.165) is 13.1 Å². The Kier molecular flexibility index (Phi) is 5.33. The van der Waals surface area contributed by atoms with Crippen molar-refractivity contribution in [3.05, 3.63) is 29.8 Å². The lowest BCUT2D eigenvalue weighted by atomic mass is 9.85. The van der Waals surface area contributed by atoms with Crippen molar-refractivity contribution in [1.82, 2.24) is 9.88 Å². The first-order valence-corrected chi connectivity index (χ1v) is 7.92. The van der Waals surface area contributed by atoms with Crippen LogP contribution in [-0.4, -0.2) is 34.1 Å². The van der Waals surface area contributed by atoms with Gasteiger partial charge in [-0.3, -0.25) is 9.88 Å². The molecule has 1 aliphatic heterocycles. The molecule has 0 amide bonds. The largest absolute Gasteiger partial charge is 0.386 e. The molecule has 5 atom stereocenters. The second-order valence-electron chi connectivity index (χ2n) is 6.84. The van der Waals surface area contributed by atoms with E-state index in [0.29, 0.717) is 23.6 Å². The predicted octanol–water partition coefficient (Wildman–Crippen LogP) is 3.26. The number of aliphatic hydroxyl groups is 1. The van der Waals surface area contributed by atoms with E-state index in [1.807, 2.05) is 6.92 Å². The molecule has 2 rings (SSSR count). The Hall–Kier alpha value is -1.00. The lowest BCUT2D eigenvalue weighted by molar-refractivity contribution is 0.0299. The van der Waals surface area contributed by atoms with E-state index in [1.165, 1.54) is 18.7 Å². The second kappa shape index (κ2) is 6.84. The number of halogens is 1. The highest BCUT2D eigenvalue weighted by Crippen LogP contribution is 2.29. The minimum atomic E-state index is -0.648. The number of aliphatic hydroxyl groups excluding tert-OH is 1. The standard InChI is InChI=1S/C17H27FN2O/c1-11-7-12(2)14(4)20(9-11)10-13(3)17(21)16-6-5-15(18)8-19-16/h5-6,8,11-14,17,21H,7,9-10H2,1-4H3. The van der Waals surface area contributed by atoms with E-state index in [1.54, 1.807) is 6.07 Å². The molecule has 1 aromatic heterocycles. The maximum absolute atomic E-state index is 12.9. The number of hydrogen-bond acceptors (Lipinski definition) is 3. The summed E-state index contributed by atoms with van der Waals surface area (Å²) in [5, 5.41) is 10.4. The maximum atomic E-state index is 12.9. The second-order valence-corrected chi connectivity index (χ2v) is 6.84. The molecular weight excluding hydrogens is 267 g/mol. The zero-order chi connectivity index (χ0) is 15.6. The van der Waals surface area contributed by atoms with Gasteiger partial charge in [0.1, 0.15) is 5.82 Å². The molecule has 21 heavy (non-hydrogen) atoms. The summed E-state index contributed by atoms with van der Waals surface area (Å²) < 4.78 is 12.9. The van der Waals surface area contributed by atoms with Gasteiger partial charge in [0, 0.05) is 25.0 Å². The van der Waals surface area contributed by atoms with Crippen LogP contribution in [0, 0.1) is 23.6 Å². The van der Waals surface area contributed by atoms with Crippen LogP contribution < -0.4 is 0 Å². The minimum absolute atomic E-state index is 0.0721. The lowest BCUT2D eigenvalue weighted by Crippen LogP contribution is -2.47. The Bertz CT molecular complexity index is 451. The quantitative estimate of drug-likeness (QED) is 0.926. The Morgan fingerprint density at radius 2 is 2.10 bits per heavy atom. The summed E-state index contributed by atoms with van der Waals surface area (Å²) in [7, 11) is 0. The van der Waals surface area contributed by atoms with Crippen molar-refractivity contribution in [2.24, 2.45) is 17.8 Å². The van der Waals surface area contributed by atoms with E-state index >= 15 is 0 Å². The summed E-state index contributed by atoms with van der Waals surface area (Å²) in [6, 6.07) is 3.46. The van der Waals surface area contributed by atoms with Crippen LogP contribution in [0.2, 0.25) is 0 Å². The number of nitrogens with zero attached hydrogens (tertiary/aromatic N) is 2. The molecular formula is C17H27FN2O. The Morgan fingerprint density at radius 3 is 2.71 bits per heavy atom. The fourth-order valence-corrected chi connectivity index (χ4v) is 3.40. The van der Waals surface area contributed by atoms with Crippen molar-refractivity contribution in [3.8, 4) is 0 Å². The number of likely N-dealkylation sites (tertiary alicyclic amines) is 1. The van der Waals surface area contributed by atoms with Crippen LogP contribution in [-0.2, 0) is 0 Å². The molecule has 4 heteroatoms. The van der Waals surface area contributed by atoms with E-state index in [-0.39, 0.29) is 11.7 Å². The van der Waals surface area contributed by atoms with Gasteiger partial charge in [-0.2, -0.15) is 0 Å². The van der Waals surface area contributed by atoms with Crippen LogP contribution in [0.25, 0.3) is 0 Å². The number of rotatable bonds is 4. The summed E-state index contributed by atoms with van der Waals surface area (Å²) in [6.07, 6.45) is 1.79. The van der Waals surface area contributed by atoms with Gasteiger partial charge in [0.15, 0.2) is 0 Å². The molecule has 0 bridgehead atoms. The van der Waals surface area contributed by atoms with E-state index in [9.17, 15) is 9.50 Å². The van der Waals surface area contributed by atoms with Crippen LogP contribution in [0.3, 0.4) is 0 Å². The molecule has 2 heterocycles. The third kappa shape index (κ3) is 4.01. The van der Waals surface area contributed by atoms with Gasteiger partial charge in [-0.05, 0) is 37.3 Å². The molecule has 0 aliphatic carbocycles. The zero-order valence-electron chi connectivity index (χ0n) is 13.5. The summed E-state index contributed by atoms with van der Waals surface area (Å²) in [6.45, 7) is 10.8.